The second-order valence-electron chi connectivity index (χ2n) is 2.89. The summed E-state index contributed by atoms with van der Waals surface area (Å²) in [5.41, 5.74) is 5.61. The zero-order chi connectivity index (χ0) is 6.20. The van der Waals surface area contributed by atoms with Crippen LogP contribution in [0.4, 0.5) is 0 Å². The smallest absolute Gasteiger partial charge is 0.0657 e. The Balaban J connectivity index is 2.34. The van der Waals surface area contributed by atoms with Crippen LogP contribution in [0.2, 0.25) is 0 Å². The third kappa shape index (κ3) is 0.823. The van der Waals surface area contributed by atoms with Gasteiger partial charge in [-0.15, -0.1) is 0 Å². The Kier molecular flexibility index (Phi) is 1.02. The summed E-state index contributed by atoms with van der Waals surface area (Å²) in [7, 11) is 0. The highest BCUT2D eigenvalue weighted by molar-refractivity contribution is 5.03. The molecular formula is C6H10N2. The number of nitrogens with two attached hydrogens (primary N) is 1. The highest BCUT2D eigenvalue weighted by Crippen LogP contribution is 2.34. The van der Waals surface area contributed by atoms with Gasteiger partial charge in [-0.2, -0.15) is 5.26 Å². The molecule has 2 N–H and O–H groups in total. The summed E-state index contributed by atoms with van der Waals surface area (Å²) < 4.78 is 0. The molecule has 0 aliphatic heterocycles. The van der Waals surface area contributed by atoms with Gasteiger partial charge in [0.05, 0.1) is 6.07 Å². The van der Waals surface area contributed by atoms with E-state index < -0.39 is 0 Å². The van der Waals surface area contributed by atoms with Gasteiger partial charge in [-0.3, -0.25) is 0 Å². The molecule has 0 unspecified atom stereocenters. The Morgan fingerprint density at radius 2 is 2.25 bits per heavy atom. The second-order valence-corrected chi connectivity index (χ2v) is 2.89. The first-order valence-corrected chi connectivity index (χ1v) is 2.82. The van der Waals surface area contributed by atoms with Crippen molar-refractivity contribution in [3.63, 3.8) is 0 Å². The van der Waals surface area contributed by atoms with Gasteiger partial charge in [0.25, 0.3) is 0 Å². The van der Waals surface area contributed by atoms with E-state index >= 15 is 0 Å². The fourth-order valence-electron chi connectivity index (χ4n) is 1.16. The van der Waals surface area contributed by atoms with Crippen molar-refractivity contribution in [2.24, 2.45) is 11.7 Å². The average molecular weight is 110 g/mol. The molecule has 0 heterocycles. The molecule has 1 fully saturated rings. The summed E-state index contributed by atoms with van der Waals surface area (Å²) in [6, 6.07) is 2.18. The summed E-state index contributed by atoms with van der Waals surface area (Å²) >= 11 is 0. The first-order valence-electron chi connectivity index (χ1n) is 2.82. The van der Waals surface area contributed by atoms with Crippen molar-refractivity contribution in [1.82, 2.24) is 0 Å². The Morgan fingerprint density at radius 1 is 1.75 bits per heavy atom. The van der Waals surface area contributed by atoms with Crippen molar-refractivity contribution in [3.05, 3.63) is 0 Å². The van der Waals surface area contributed by atoms with Gasteiger partial charge >= 0.3 is 0 Å². The van der Waals surface area contributed by atoms with E-state index in [2.05, 4.69) is 6.07 Å². The van der Waals surface area contributed by atoms with Gasteiger partial charge in [-0.1, -0.05) is 0 Å². The Labute approximate surface area is 49.3 Å². The maximum atomic E-state index is 8.31. The lowest BCUT2D eigenvalue weighted by Gasteiger charge is -2.38. The highest BCUT2D eigenvalue weighted by Gasteiger charge is 2.36. The minimum Gasteiger partial charge on any atom is -0.325 e. The van der Waals surface area contributed by atoms with Crippen molar-refractivity contribution in [2.75, 3.05) is 0 Å². The van der Waals surface area contributed by atoms with Crippen LogP contribution in [0.25, 0.3) is 0 Å². The van der Waals surface area contributed by atoms with Crippen molar-refractivity contribution in [3.8, 4) is 6.07 Å². The molecule has 0 radical (unpaired) electrons. The largest absolute Gasteiger partial charge is 0.325 e. The molecule has 0 amide bonds. The SMILES string of the molecule is CC1(N)CC(C#N)C1. The van der Waals surface area contributed by atoms with Crippen molar-refractivity contribution < 1.29 is 0 Å². The van der Waals surface area contributed by atoms with Crippen molar-refractivity contribution in [1.29, 1.82) is 5.26 Å². The predicted octanol–water partition coefficient (Wildman–Crippen LogP) is 0.637. The summed E-state index contributed by atoms with van der Waals surface area (Å²) in [6.45, 7) is 1.99. The first kappa shape index (κ1) is 5.58. The molecule has 0 atom stereocenters. The van der Waals surface area contributed by atoms with E-state index in [0.29, 0.717) is 0 Å². The van der Waals surface area contributed by atoms with E-state index in [9.17, 15) is 0 Å². The maximum absolute atomic E-state index is 8.31. The summed E-state index contributed by atoms with van der Waals surface area (Å²) in [6.07, 6.45) is 1.76. The van der Waals surface area contributed by atoms with Crippen molar-refractivity contribution in [2.45, 2.75) is 25.3 Å². The normalized spacial score (nSPS) is 44.9. The van der Waals surface area contributed by atoms with Gasteiger partial charge in [0.2, 0.25) is 0 Å². The molecule has 0 aromatic heterocycles. The number of nitrogens with zero attached hydrogens (tertiary/aromatic N) is 1. The number of nitriles is 1. The number of hydrogen-bond acceptors (Lipinski definition) is 2. The van der Waals surface area contributed by atoms with Crippen LogP contribution in [0.15, 0.2) is 0 Å². The topological polar surface area (TPSA) is 49.8 Å². The van der Waals surface area contributed by atoms with Crippen LogP contribution in [-0.4, -0.2) is 5.54 Å². The molecule has 1 rings (SSSR count). The molecule has 0 saturated heterocycles. The standard InChI is InChI=1S/C6H10N2/c1-6(8)2-5(3-6)4-7/h5H,2-3,8H2,1H3. The lowest BCUT2D eigenvalue weighted by Crippen LogP contribution is -2.48. The number of rotatable bonds is 0. The lowest BCUT2D eigenvalue weighted by atomic mass is 9.71. The Hall–Kier alpha value is -0.550. The van der Waals surface area contributed by atoms with E-state index in [1.54, 1.807) is 0 Å². The minimum absolute atomic E-state index is 0.0274. The monoisotopic (exact) mass is 110 g/mol. The van der Waals surface area contributed by atoms with E-state index in [1.807, 2.05) is 6.92 Å². The second kappa shape index (κ2) is 1.46. The third-order valence-electron chi connectivity index (χ3n) is 1.61. The van der Waals surface area contributed by atoms with Crippen LogP contribution in [0.1, 0.15) is 19.8 Å². The van der Waals surface area contributed by atoms with E-state index in [-0.39, 0.29) is 11.5 Å². The zero-order valence-electron chi connectivity index (χ0n) is 5.02. The fraction of sp³-hybridized carbons (Fsp3) is 0.833. The number of hydrogen-bond donors (Lipinski definition) is 1. The molecule has 1 aliphatic carbocycles. The molecule has 0 bridgehead atoms. The predicted molar refractivity (Wildman–Crippen MR) is 30.9 cm³/mol. The van der Waals surface area contributed by atoms with Gasteiger partial charge in [-0.05, 0) is 19.8 Å². The third-order valence-corrected chi connectivity index (χ3v) is 1.61. The fourth-order valence-corrected chi connectivity index (χ4v) is 1.16. The van der Waals surface area contributed by atoms with Crippen LogP contribution in [0.3, 0.4) is 0 Å². The van der Waals surface area contributed by atoms with Gasteiger partial charge in [0.1, 0.15) is 0 Å². The van der Waals surface area contributed by atoms with Gasteiger partial charge in [0.15, 0.2) is 0 Å². The summed E-state index contributed by atoms with van der Waals surface area (Å²) in [4.78, 5) is 0. The van der Waals surface area contributed by atoms with Crippen molar-refractivity contribution >= 4 is 0 Å². The van der Waals surface area contributed by atoms with Gasteiger partial charge < -0.3 is 5.73 Å². The Morgan fingerprint density at radius 3 is 2.38 bits per heavy atom. The highest BCUT2D eigenvalue weighted by atomic mass is 14.8. The van der Waals surface area contributed by atoms with E-state index in [4.69, 9.17) is 11.0 Å². The first-order chi connectivity index (χ1) is 3.64. The van der Waals surface area contributed by atoms with E-state index in [1.165, 1.54) is 0 Å². The van der Waals surface area contributed by atoms with Crippen LogP contribution in [-0.2, 0) is 0 Å². The summed E-state index contributed by atoms with van der Waals surface area (Å²) in [5, 5.41) is 8.31. The van der Waals surface area contributed by atoms with Crippen LogP contribution in [0.5, 0.6) is 0 Å². The van der Waals surface area contributed by atoms with Crippen LogP contribution < -0.4 is 5.73 Å². The van der Waals surface area contributed by atoms with Crippen LogP contribution >= 0.6 is 0 Å². The molecule has 0 spiro atoms. The van der Waals surface area contributed by atoms with Gasteiger partial charge in [0, 0.05) is 11.5 Å². The average Bonchev–Trinajstić information content (AvgIpc) is 1.60. The summed E-state index contributed by atoms with van der Waals surface area (Å²) in [5.74, 6) is 0.241. The molecule has 1 saturated carbocycles. The van der Waals surface area contributed by atoms with Gasteiger partial charge in [-0.25, -0.2) is 0 Å². The molecule has 2 heteroatoms. The molecule has 1 aliphatic rings. The Bertz CT molecular complexity index is 124. The molecule has 44 valence electrons. The zero-order valence-corrected chi connectivity index (χ0v) is 5.02. The molecule has 0 aromatic carbocycles. The molecule has 2 nitrogen and oxygen atoms in total. The minimum atomic E-state index is -0.0274. The molecule has 0 aromatic rings. The molecule has 8 heavy (non-hydrogen) atoms. The van der Waals surface area contributed by atoms with E-state index in [0.717, 1.165) is 12.8 Å². The quantitative estimate of drug-likeness (QED) is 0.497. The molecular weight excluding hydrogens is 100 g/mol. The van der Waals surface area contributed by atoms with Crippen LogP contribution in [0, 0.1) is 17.2 Å². The lowest BCUT2D eigenvalue weighted by molar-refractivity contribution is 0.214. The maximum Gasteiger partial charge on any atom is 0.0657 e.